The average molecular weight is 347 g/mol. The molecule has 20 heavy (non-hydrogen) atoms. The summed E-state index contributed by atoms with van der Waals surface area (Å²) >= 11 is 18.8. The van der Waals surface area contributed by atoms with Gasteiger partial charge in [-0.05, 0) is 29.9 Å². The monoisotopic (exact) mass is 346 g/mol. The summed E-state index contributed by atoms with van der Waals surface area (Å²) in [6, 6.07) is 5.47. The van der Waals surface area contributed by atoms with Gasteiger partial charge in [0, 0.05) is 29.0 Å². The highest BCUT2D eigenvalue weighted by molar-refractivity contribution is 8.22. The second-order valence-electron chi connectivity index (χ2n) is 3.99. The van der Waals surface area contributed by atoms with E-state index in [1.807, 2.05) is 22.9 Å². The molecule has 1 atom stereocenters. The van der Waals surface area contributed by atoms with Gasteiger partial charge in [0.05, 0.1) is 18.7 Å². The van der Waals surface area contributed by atoms with Crippen molar-refractivity contribution in [1.29, 1.82) is 0 Å². The normalized spacial score (nSPS) is 12.2. The summed E-state index contributed by atoms with van der Waals surface area (Å²) < 4.78 is 7.53. The van der Waals surface area contributed by atoms with Crippen LogP contribution >= 0.6 is 47.2 Å². The minimum absolute atomic E-state index is 0.0291. The maximum absolute atomic E-state index is 6.28. The van der Waals surface area contributed by atoms with Crippen LogP contribution in [0.3, 0.4) is 0 Å². The summed E-state index contributed by atoms with van der Waals surface area (Å²) in [5.74, 6) is 0. The van der Waals surface area contributed by atoms with E-state index in [0.717, 1.165) is 5.56 Å². The molecule has 1 aromatic heterocycles. The van der Waals surface area contributed by atoms with Crippen molar-refractivity contribution in [3.8, 4) is 0 Å². The summed E-state index contributed by atoms with van der Waals surface area (Å²) in [5.41, 5.74) is 0.967. The lowest BCUT2D eigenvalue weighted by Crippen LogP contribution is -2.08. The van der Waals surface area contributed by atoms with Crippen LogP contribution in [0.15, 0.2) is 36.9 Å². The predicted octanol–water partition coefficient (Wildman–Crippen LogP) is 4.60. The molecule has 0 saturated carbocycles. The van der Waals surface area contributed by atoms with Crippen molar-refractivity contribution >= 4 is 51.6 Å². The first-order valence-electron chi connectivity index (χ1n) is 5.75. The molecule has 0 radical (unpaired) electrons. The Labute approximate surface area is 137 Å². The van der Waals surface area contributed by atoms with Crippen LogP contribution in [0.25, 0.3) is 0 Å². The molecule has 7 heteroatoms. The van der Waals surface area contributed by atoms with E-state index in [9.17, 15) is 0 Å². The van der Waals surface area contributed by atoms with E-state index in [1.54, 1.807) is 25.7 Å². The van der Waals surface area contributed by atoms with Gasteiger partial charge in [-0.15, -0.1) is 0 Å². The van der Waals surface area contributed by atoms with Gasteiger partial charge < -0.3 is 9.30 Å². The highest BCUT2D eigenvalue weighted by atomic mass is 35.5. The summed E-state index contributed by atoms with van der Waals surface area (Å²) in [4.78, 5) is 4.04. The lowest BCUT2D eigenvalue weighted by Gasteiger charge is -2.18. The van der Waals surface area contributed by atoms with E-state index in [2.05, 4.69) is 4.98 Å². The van der Waals surface area contributed by atoms with Gasteiger partial charge in [-0.2, -0.15) is 0 Å². The Hall–Kier alpha value is -0.750. The Morgan fingerprint density at radius 3 is 2.90 bits per heavy atom. The summed E-state index contributed by atoms with van der Waals surface area (Å²) in [6.07, 6.45) is 5.39. The highest BCUT2D eigenvalue weighted by Gasteiger charge is 2.19. The van der Waals surface area contributed by atoms with Crippen LogP contribution in [0.2, 0.25) is 10.0 Å². The first-order chi connectivity index (χ1) is 9.60. The minimum atomic E-state index is 0.0291. The number of benzene rings is 1. The molecule has 2 aromatic rings. The molecule has 1 aromatic carbocycles. The zero-order chi connectivity index (χ0) is 14.5. The van der Waals surface area contributed by atoms with Crippen molar-refractivity contribution in [2.75, 3.05) is 7.11 Å². The van der Waals surface area contributed by atoms with E-state index in [-0.39, 0.29) is 5.25 Å². The topological polar surface area (TPSA) is 27.1 Å². The van der Waals surface area contributed by atoms with Crippen LogP contribution in [0.4, 0.5) is 0 Å². The molecule has 1 heterocycles. The van der Waals surface area contributed by atoms with Gasteiger partial charge in [0.2, 0.25) is 4.38 Å². The van der Waals surface area contributed by atoms with Crippen LogP contribution in [0.5, 0.6) is 0 Å². The van der Waals surface area contributed by atoms with E-state index in [1.165, 1.54) is 11.8 Å². The molecule has 0 aliphatic rings. The molecule has 0 saturated heterocycles. The molecular weight excluding hydrogens is 335 g/mol. The third-order valence-corrected chi connectivity index (χ3v) is 4.71. The van der Waals surface area contributed by atoms with E-state index in [0.29, 0.717) is 21.0 Å². The third-order valence-electron chi connectivity index (χ3n) is 2.65. The van der Waals surface area contributed by atoms with Crippen molar-refractivity contribution in [2.24, 2.45) is 0 Å². The SMILES string of the molecule is COC(=S)SC(Cn1ccnc1)c1ccc(Cl)cc1Cl. The van der Waals surface area contributed by atoms with Crippen LogP contribution in [-0.2, 0) is 11.3 Å². The van der Waals surface area contributed by atoms with Crippen molar-refractivity contribution in [2.45, 2.75) is 11.8 Å². The highest BCUT2D eigenvalue weighted by Crippen LogP contribution is 2.37. The lowest BCUT2D eigenvalue weighted by atomic mass is 10.1. The predicted molar refractivity (Wildman–Crippen MR) is 88.6 cm³/mol. The molecule has 0 spiro atoms. The Morgan fingerprint density at radius 2 is 2.30 bits per heavy atom. The molecule has 0 amide bonds. The quantitative estimate of drug-likeness (QED) is 0.756. The van der Waals surface area contributed by atoms with Gasteiger partial charge in [-0.25, -0.2) is 4.98 Å². The molecule has 0 fully saturated rings. The molecule has 3 nitrogen and oxygen atoms in total. The van der Waals surface area contributed by atoms with Crippen molar-refractivity contribution in [1.82, 2.24) is 9.55 Å². The van der Waals surface area contributed by atoms with E-state index < -0.39 is 0 Å². The zero-order valence-electron chi connectivity index (χ0n) is 10.6. The first kappa shape index (κ1) is 15.6. The smallest absolute Gasteiger partial charge is 0.220 e. The molecule has 0 N–H and O–H groups in total. The molecule has 0 aliphatic heterocycles. The zero-order valence-corrected chi connectivity index (χ0v) is 13.8. The fourth-order valence-corrected chi connectivity index (χ4v) is 3.57. The molecule has 106 valence electrons. The Balaban J connectivity index is 2.27. The van der Waals surface area contributed by atoms with Crippen LogP contribution in [0.1, 0.15) is 10.8 Å². The number of rotatable bonds is 4. The maximum Gasteiger partial charge on any atom is 0.220 e. The number of halogens is 2. The number of aromatic nitrogens is 2. The number of thioether (sulfide) groups is 1. The molecule has 1 unspecified atom stereocenters. The Kier molecular flexibility index (Phi) is 5.72. The van der Waals surface area contributed by atoms with Gasteiger partial charge in [-0.1, -0.05) is 41.0 Å². The lowest BCUT2D eigenvalue weighted by molar-refractivity contribution is 0.426. The fourth-order valence-electron chi connectivity index (χ4n) is 1.71. The molecule has 2 rings (SSSR count). The summed E-state index contributed by atoms with van der Waals surface area (Å²) in [6.45, 7) is 0.690. The maximum atomic E-state index is 6.28. The second kappa shape index (κ2) is 7.31. The second-order valence-corrected chi connectivity index (χ2v) is 6.63. The molecule has 0 aliphatic carbocycles. The largest absolute Gasteiger partial charge is 0.482 e. The Morgan fingerprint density at radius 1 is 1.50 bits per heavy atom. The van der Waals surface area contributed by atoms with Crippen molar-refractivity contribution < 1.29 is 4.74 Å². The number of ether oxygens (including phenoxy) is 1. The summed E-state index contributed by atoms with van der Waals surface area (Å²) in [5, 5.41) is 1.26. The third kappa shape index (κ3) is 4.12. The van der Waals surface area contributed by atoms with Crippen LogP contribution in [-0.4, -0.2) is 21.0 Å². The number of methoxy groups -OCH3 is 1. The van der Waals surface area contributed by atoms with Gasteiger partial charge in [-0.3, -0.25) is 0 Å². The van der Waals surface area contributed by atoms with Crippen molar-refractivity contribution in [3.63, 3.8) is 0 Å². The molecule has 0 bridgehead atoms. The standard InChI is InChI=1S/C13H12Cl2N2OS2/c1-18-13(19)20-12(7-17-5-4-16-8-17)10-3-2-9(14)6-11(10)15/h2-6,8,12H,7H2,1H3. The number of imidazole rings is 1. The van der Waals surface area contributed by atoms with Gasteiger partial charge in [0.15, 0.2) is 0 Å². The van der Waals surface area contributed by atoms with Gasteiger partial charge in [0.25, 0.3) is 0 Å². The van der Waals surface area contributed by atoms with Gasteiger partial charge >= 0.3 is 0 Å². The molecular formula is C13H12Cl2N2OS2. The number of hydrogen-bond donors (Lipinski definition) is 0. The van der Waals surface area contributed by atoms with Crippen molar-refractivity contribution in [3.05, 3.63) is 52.5 Å². The number of nitrogens with zero attached hydrogens (tertiary/aromatic N) is 2. The fraction of sp³-hybridized carbons (Fsp3) is 0.231. The average Bonchev–Trinajstić information content (AvgIpc) is 2.91. The summed E-state index contributed by atoms with van der Waals surface area (Å²) in [7, 11) is 1.56. The van der Waals surface area contributed by atoms with Gasteiger partial charge in [0.1, 0.15) is 0 Å². The minimum Gasteiger partial charge on any atom is -0.482 e. The van der Waals surface area contributed by atoms with E-state index >= 15 is 0 Å². The van der Waals surface area contributed by atoms with Crippen LogP contribution in [0, 0.1) is 0 Å². The number of thiocarbonyl (C=S) groups is 1. The first-order valence-corrected chi connectivity index (χ1v) is 7.80. The van der Waals surface area contributed by atoms with Crippen LogP contribution < -0.4 is 0 Å². The van der Waals surface area contributed by atoms with E-state index in [4.69, 9.17) is 40.2 Å². The number of hydrogen-bond acceptors (Lipinski definition) is 4. The Bertz CT molecular complexity index is 590.